The Morgan fingerprint density at radius 2 is 2.05 bits per heavy atom. The standard InChI is InChI=1S/C16H25N3OS/c1-12-6-7-14(21-12)15-17-13(2)16(20)19(15)11-5-10-18-8-3-4-9-18/h6-7,13,15,17H,3-5,8-11H2,1-2H3. The summed E-state index contributed by atoms with van der Waals surface area (Å²) in [6.45, 7) is 8.53. The predicted octanol–water partition coefficient (Wildman–Crippen LogP) is 2.36. The summed E-state index contributed by atoms with van der Waals surface area (Å²) in [5, 5.41) is 3.43. The molecule has 0 saturated carbocycles. The smallest absolute Gasteiger partial charge is 0.241 e. The van der Waals surface area contributed by atoms with Crippen LogP contribution in [0.5, 0.6) is 0 Å². The van der Waals surface area contributed by atoms with Crippen molar-refractivity contribution in [3.63, 3.8) is 0 Å². The van der Waals surface area contributed by atoms with Crippen molar-refractivity contribution in [2.24, 2.45) is 0 Å². The van der Waals surface area contributed by atoms with E-state index in [4.69, 9.17) is 0 Å². The van der Waals surface area contributed by atoms with Crippen LogP contribution in [0.15, 0.2) is 12.1 Å². The Morgan fingerprint density at radius 3 is 2.71 bits per heavy atom. The summed E-state index contributed by atoms with van der Waals surface area (Å²) in [7, 11) is 0. The Balaban J connectivity index is 1.61. The molecule has 3 heterocycles. The molecule has 0 bridgehead atoms. The molecule has 2 unspecified atom stereocenters. The molecule has 2 saturated heterocycles. The van der Waals surface area contributed by atoms with E-state index in [1.165, 1.54) is 35.7 Å². The molecule has 2 aliphatic rings. The zero-order valence-electron chi connectivity index (χ0n) is 13.0. The minimum atomic E-state index is -0.0656. The highest BCUT2D eigenvalue weighted by Gasteiger charge is 2.37. The summed E-state index contributed by atoms with van der Waals surface area (Å²) in [6, 6.07) is 4.22. The monoisotopic (exact) mass is 307 g/mol. The highest BCUT2D eigenvalue weighted by atomic mass is 32.1. The van der Waals surface area contributed by atoms with Gasteiger partial charge >= 0.3 is 0 Å². The number of carbonyl (C=O) groups is 1. The largest absolute Gasteiger partial charge is 0.321 e. The molecule has 3 rings (SSSR count). The average Bonchev–Trinajstić information content (AvgIpc) is 3.16. The lowest BCUT2D eigenvalue weighted by molar-refractivity contribution is -0.129. The summed E-state index contributed by atoms with van der Waals surface area (Å²) < 4.78 is 0. The minimum Gasteiger partial charge on any atom is -0.321 e. The van der Waals surface area contributed by atoms with Gasteiger partial charge in [-0.3, -0.25) is 10.1 Å². The van der Waals surface area contributed by atoms with Crippen molar-refractivity contribution in [3.05, 3.63) is 21.9 Å². The van der Waals surface area contributed by atoms with E-state index in [-0.39, 0.29) is 18.1 Å². The molecule has 116 valence electrons. The molecule has 0 aliphatic carbocycles. The lowest BCUT2D eigenvalue weighted by Crippen LogP contribution is -2.33. The van der Waals surface area contributed by atoms with Crippen LogP contribution < -0.4 is 5.32 Å². The Labute approximate surface area is 131 Å². The van der Waals surface area contributed by atoms with Crippen LogP contribution in [0.3, 0.4) is 0 Å². The number of aryl methyl sites for hydroxylation is 1. The van der Waals surface area contributed by atoms with Gasteiger partial charge < -0.3 is 9.80 Å². The van der Waals surface area contributed by atoms with Crippen molar-refractivity contribution >= 4 is 17.2 Å². The molecule has 1 aromatic rings. The van der Waals surface area contributed by atoms with Crippen LogP contribution in [0.1, 0.15) is 42.1 Å². The number of rotatable bonds is 5. The van der Waals surface area contributed by atoms with Crippen molar-refractivity contribution in [2.45, 2.75) is 45.3 Å². The first kappa shape index (κ1) is 15.0. The Hall–Kier alpha value is -0.910. The predicted molar refractivity (Wildman–Crippen MR) is 86.4 cm³/mol. The second-order valence-corrected chi connectivity index (χ2v) is 7.49. The Morgan fingerprint density at radius 1 is 1.29 bits per heavy atom. The first-order valence-corrected chi connectivity index (χ1v) is 8.82. The van der Waals surface area contributed by atoms with Crippen LogP contribution in [0.2, 0.25) is 0 Å². The number of amides is 1. The van der Waals surface area contributed by atoms with Gasteiger partial charge in [-0.25, -0.2) is 0 Å². The molecule has 0 aromatic carbocycles. The number of likely N-dealkylation sites (tertiary alicyclic amines) is 1. The highest BCUT2D eigenvalue weighted by Crippen LogP contribution is 2.30. The second kappa shape index (κ2) is 6.46. The zero-order valence-corrected chi connectivity index (χ0v) is 13.8. The summed E-state index contributed by atoms with van der Waals surface area (Å²) in [5.74, 6) is 0.243. The van der Waals surface area contributed by atoms with Crippen LogP contribution in [-0.4, -0.2) is 47.9 Å². The molecule has 1 aromatic heterocycles. The summed E-state index contributed by atoms with van der Waals surface area (Å²) in [4.78, 5) is 19.5. The molecule has 2 aliphatic heterocycles. The van der Waals surface area contributed by atoms with E-state index in [1.807, 2.05) is 11.8 Å². The van der Waals surface area contributed by atoms with E-state index in [1.54, 1.807) is 11.3 Å². The molecule has 2 atom stereocenters. The molecule has 1 amide bonds. The van der Waals surface area contributed by atoms with E-state index < -0.39 is 0 Å². The first-order valence-electron chi connectivity index (χ1n) is 8.00. The number of hydrogen-bond donors (Lipinski definition) is 1. The molecule has 21 heavy (non-hydrogen) atoms. The van der Waals surface area contributed by atoms with Crippen LogP contribution in [0, 0.1) is 6.92 Å². The maximum Gasteiger partial charge on any atom is 0.241 e. The normalized spacial score (nSPS) is 27.0. The molecule has 2 fully saturated rings. The Bertz CT molecular complexity index is 495. The third kappa shape index (κ3) is 3.30. The lowest BCUT2D eigenvalue weighted by Gasteiger charge is -2.24. The van der Waals surface area contributed by atoms with E-state index in [0.29, 0.717) is 0 Å². The van der Waals surface area contributed by atoms with Gasteiger partial charge in [-0.2, -0.15) is 0 Å². The topological polar surface area (TPSA) is 35.6 Å². The SMILES string of the molecule is Cc1ccc(C2NC(C)C(=O)N2CCCN2CCCC2)s1. The number of nitrogens with one attached hydrogen (secondary N) is 1. The first-order chi connectivity index (χ1) is 10.1. The van der Waals surface area contributed by atoms with Gasteiger partial charge in [-0.15, -0.1) is 11.3 Å². The number of nitrogens with zero attached hydrogens (tertiary/aromatic N) is 2. The molecule has 5 heteroatoms. The summed E-state index contributed by atoms with van der Waals surface area (Å²) in [5.41, 5.74) is 0. The van der Waals surface area contributed by atoms with Gasteiger partial charge in [0.25, 0.3) is 0 Å². The molecule has 0 radical (unpaired) electrons. The molecule has 0 spiro atoms. The van der Waals surface area contributed by atoms with Gasteiger partial charge in [0.05, 0.1) is 6.04 Å². The Kier molecular flexibility index (Phi) is 4.62. The zero-order chi connectivity index (χ0) is 14.8. The minimum absolute atomic E-state index is 0.0656. The average molecular weight is 307 g/mol. The fourth-order valence-electron chi connectivity index (χ4n) is 3.32. The summed E-state index contributed by atoms with van der Waals surface area (Å²) in [6.07, 6.45) is 3.81. The fraction of sp³-hybridized carbons (Fsp3) is 0.688. The van der Waals surface area contributed by atoms with Crippen molar-refractivity contribution in [3.8, 4) is 0 Å². The number of thiophene rings is 1. The molecule has 1 N–H and O–H groups in total. The van der Waals surface area contributed by atoms with Gasteiger partial charge in [0, 0.05) is 16.3 Å². The third-order valence-corrected chi connectivity index (χ3v) is 5.53. The van der Waals surface area contributed by atoms with Crippen LogP contribution >= 0.6 is 11.3 Å². The molecular weight excluding hydrogens is 282 g/mol. The lowest BCUT2D eigenvalue weighted by atomic mass is 10.3. The maximum absolute atomic E-state index is 12.4. The van der Waals surface area contributed by atoms with E-state index >= 15 is 0 Å². The van der Waals surface area contributed by atoms with Gasteiger partial charge in [-0.1, -0.05) is 0 Å². The molecular formula is C16H25N3OS. The van der Waals surface area contributed by atoms with Crippen molar-refractivity contribution < 1.29 is 4.79 Å². The van der Waals surface area contributed by atoms with Crippen molar-refractivity contribution in [1.29, 1.82) is 0 Å². The second-order valence-electron chi connectivity index (χ2n) is 6.17. The van der Waals surface area contributed by atoms with Crippen LogP contribution in [0.4, 0.5) is 0 Å². The van der Waals surface area contributed by atoms with Gasteiger partial charge in [0.1, 0.15) is 6.17 Å². The van der Waals surface area contributed by atoms with Gasteiger partial charge in [-0.05, 0) is 64.9 Å². The van der Waals surface area contributed by atoms with E-state index in [9.17, 15) is 4.79 Å². The number of carbonyl (C=O) groups excluding carboxylic acids is 1. The van der Waals surface area contributed by atoms with Gasteiger partial charge in [0.15, 0.2) is 0 Å². The van der Waals surface area contributed by atoms with Gasteiger partial charge in [0.2, 0.25) is 5.91 Å². The maximum atomic E-state index is 12.4. The van der Waals surface area contributed by atoms with Crippen molar-refractivity contribution in [1.82, 2.24) is 15.1 Å². The van der Waals surface area contributed by atoms with Crippen LogP contribution in [-0.2, 0) is 4.79 Å². The molecule has 4 nitrogen and oxygen atoms in total. The van der Waals surface area contributed by atoms with Crippen LogP contribution in [0.25, 0.3) is 0 Å². The summed E-state index contributed by atoms with van der Waals surface area (Å²) >= 11 is 1.78. The fourth-order valence-corrected chi connectivity index (χ4v) is 4.27. The van der Waals surface area contributed by atoms with Crippen molar-refractivity contribution in [2.75, 3.05) is 26.2 Å². The number of hydrogen-bond acceptors (Lipinski definition) is 4. The third-order valence-electron chi connectivity index (χ3n) is 4.48. The highest BCUT2D eigenvalue weighted by molar-refractivity contribution is 7.12. The quantitative estimate of drug-likeness (QED) is 0.907. The van der Waals surface area contributed by atoms with E-state index in [2.05, 4.69) is 29.3 Å². The van der Waals surface area contributed by atoms with E-state index in [0.717, 1.165) is 19.5 Å².